The van der Waals surface area contributed by atoms with Crippen LogP contribution in [0.5, 0.6) is 5.75 Å². The number of anilines is 1. The van der Waals surface area contributed by atoms with Gasteiger partial charge >= 0.3 is 5.97 Å². The lowest BCUT2D eigenvalue weighted by Gasteiger charge is -2.12. The highest BCUT2D eigenvalue weighted by Gasteiger charge is 2.13. The highest BCUT2D eigenvalue weighted by atomic mass is 16.5. The van der Waals surface area contributed by atoms with Crippen LogP contribution >= 0.6 is 0 Å². The van der Waals surface area contributed by atoms with Gasteiger partial charge in [-0.05, 0) is 31.0 Å². The molecule has 5 heteroatoms. The molecule has 0 aliphatic rings. The Morgan fingerprint density at radius 1 is 1.30 bits per heavy atom. The van der Waals surface area contributed by atoms with E-state index in [1.165, 1.54) is 7.11 Å². The second kappa shape index (κ2) is 7.53. The van der Waals surface area contributed by atoms with Crippen molar-refractivity contribution in [2.24, 2.45) is 5.92 Å². The molecule has 0 spiro atoms. The van der Waals surface area contributed by atoms with E-state index in [0.717, 1.165) is 0 Å². The van der Waals surface area contributed by atoms with Crippen molar-refractivity contribution in [1.82, 2.24) is 0 Å². The summed E-state index contributed by atoms with van der Waals surface area (Å²) in [6, 6.07) is 4.81. The van der Waals surface area contributed by atoms with Gasteiger partial charge in [-0.15, -0.1) is 0 Å². The molecule has 0 atom stereocenters. The molecule has 0 aromatic heterocycles. The number of hydrogen-bond donors (Lipinski definition) is 1. The Balaban J connectivity index is 2.94. The van der Waals surface area contributed by atoms with Gasteiger partial charge in [-0.25, -0.2) is 4.79 Å². The van der Waals surface area contributed by atoms with Gasteiger partial charge in [0, 0.05) is 6.42 Å². The van der Waals surface area contributed by atoms with Crippen molar-refractivity contribution >= 4 is 17.6 Å². The molecule has 20 heavy (non-hydrogen) atoms. The van der Waals surface area contributed by atoms with E-state index in [1.807, 2.05) is 13.8 Å². The van der Waals surface area contributed by atoms with Crippen LogP contribution in [0, 0.1) is 5.92 Å². The van der Waals surface area contributed by atoms with Crippen LogP contribution < -0.4 is 10.1 Å². The van der Waals surface area contributed by atoms with Crippen LogP contribution in [0.15, 0.2) is 18.2 Å². The van der Waals surface area contributed by atoms with E-state index in [-0.39, 0.29) is 11.8 Å². The third kappa shape index (κ3) is 4.57. The minimum absolute atomic E-state index is 0.112. The lowest BCUT2D eigenvalue weighted by molar-refractivity contribution is -0.116. The molecule has 0 fully saturated rings. The normalized spacial score (nSPS) is 10.2. The number of hydrogen-bond acceptors (Lipinski definition) is 4. The molecule has 0 bridgehead atoms. The summed E-state index contributed by atoms with van der Waals surface area (Å²) >= 11 is 0. The zero-order valence-corrected chi connectivity index (χ0v) is 12.4. The average molecular weight is 279 g/mol. The van der Waals surface area contributed by atoms with Gasteiger partial charge in [-0.2, -0.15) is 0 Å². The monoisotopic (exact) mass is 279 g/mol. The molecule has 5 nitrogen and oxygen atoms in total. The number of rotatable bonds is 6. The third-order valence-electron chi connectivity index (χ3n) is 2.58. The Bertz CT molecular complexity index is 483. The van der Waals surface area contributed by atoms with E-state index in [2.05, 4.69) is 5.32 Å². The van der Waals surface area contributed by atoms with Crippen LogP contribution in [0.2, 0.25) is 0 Å². The number of ether oxygens (including phenoxy) is 2. The first kappa shape index (κ1) is 16.0. The fourth-order valence-corrected chi connectivity index (χ4v) is 1.72. The molecule has 1 aromatic carbocycles. The summed E-state index contributed by atoms with van der Waals surface area (Å²) in [4.78, 5) is 23.5. The Hall–Kier alpha value is -2.04. The average Bonchev–Trinajstić information content (AvgIpc) is 2.37. The number of carbonyl (C=O) groups is 2. The maximum absolute atomic E-state index is 11.8. The number of methoxy groups -OCH3 is 1. The summed E-state index contributed by atoms with van der Waals surface area (Å²) in [7, 11) is 1.51. The number of esters is 1. The smallest absolute Gasteiger partial charge is 0.338 e. The topological polar surface area (TPSA) is 64.6 Å². The van der Waals surface area contributed by atoms with Crippen molar-refractivity contribution in [3.05, 3.63) is 23.8 Å². The highest BCUT2D eigenvalue weighted by Crippen LogP contribution is 2.26. The number of amides is 1. The fourth-order valence-electron chi connectivity index (χ4n) is 1.72. The minimum Gasteiger partial charge on any atom is -0.495 e. The summed E-state index contributed by atoms with van der Waals surface area (Å²) in [6.45, 7) is 5.98. The third-order valence-corrected chi connectivity index (χ3v) is 2.58. The molecule has 110 valence electrons. The van der Waals surface area contributed by atoms with E-state index in [1.54, 1.807) is 25.1 Å². The van der Waals surface area contributed by atoms with Gasteiger partial charge in [-0.3, -0.25) is 4.79 Å². The van der Waals surface area contributed by atoms with Crippen molar-refractivity contribution < 1.29 is 19.1 Å². The first-order valence-corrected chi connectivity index (χ1v) is 6.63. The van der Waals surface area contributed by atoms with E-state index in [9.17, 15) is 9.59 Å². The Labute approximate surface area is 119 Å². The van der Waals surface area contributed by atoms with Gasteiger partial charge in [0.15, 0.2) is 0 Å². The molecule has 0 saturated carbocycles. The van der Waals surface area contributed by atoms with E-state index >= 15 is 0 Å². The van der Waals surface area contributed by atoms with Crippen LogP contribution in [0.4, 0.5) is 5.69 Å². The van der Waals surface area contributed by atoms with Gasteiger partial charge in [0.25, 0.3) is 0 Å². The quantitative estimate of drug-likeness (QED) is 0.813. The van der Waals surface area contributed by atoms with Crippen molar-refractivity contribution in [2.75, 3.05) is 19.0 Å². The summed E-state index contributed by atoms with van der Waals surface area (Å²) in [5.41, 5.74) is 0.858. The molecule has 0 aliphatic heterocycles. The van der Waals surface area contributed by atoms with Crippen molar-refractivity contribution in [3.63, 3.8) is 0 Å². The largest absolute Gasteiger partial charge is 0.495 e. The maximum Gasteiger partial charge on any atom is 0.338 e. The fraction of sp³-hybridized carbons (Fsp3) is 0.467. The molecular formula is C15H21NO4. The van der Waals surface area contributed by atoms with Gasteiger partial charge in [0.2, 0.25) is 5.91 Å². The molecule has 0 saturated heterocycles. The lowest BCUT2D eigenvalue weighted by Crippen LogP contribution is -2.15. The number of carbonyl (C=O) groups excluding carboxylic acids is 2. The van der Waals surface area contributed by atoms with Crippen molar-refractivity contribution in [2.45, 2.75) is 27.2 Å². The molecule has 0 aliphatic carbocycles. The van der Waals surface area contributed by atoms with Gasteiger partial charge in [0.05, 0.1) is 25.0 Å². The second-order valence-corrected chi connectivity index (χ2v) is 4.78. The molecule has 0 heterocycles. The zero-order valence-electron chi connectivity index (χ0n) is 12.4. The summed E-state index contributed by atoms with van der Waals surface area (Å²) in [6.07, 6.45) is 0.410. The molecule has 0 radical (unpaired) electrons. The zero-order chi connectivity index (χ0) is 15.1. The molecule has 0 unspecified atom stereocenters. The Kier molecular flexibility index (Phi) is 6.03. The van der Waals surface area contributed by atoms with Gasteiger partial charge in [0.1, 0.15) is 5.75 Å². The molecule has 1 amide bonds. The number of nitrogens with one attached hydrogen (secondary N) is 1. The van der Waals surface area contributed by atoms with Gasteiger partial charge < -0.3 is 14.8 Å². The number of benzene rings is 1. The minimum atomic E-state index is -0.422. The first-order valence-electron chi connectivity index (χ1n) is 6.63. The highest BCUT2D eigenvalue weighted by molar-refractivity contribution is 5.96. The molecule has 1 rings (SSSR count). The SMILES string of the molecule is CCOC(=O)c1ccc(OC)c(NC(=O)CC(C)C)c1. The van der Waals surface area contributed by atoms with E-state index < -0.39 is 5.97 Å². The van der Waals surface area contributed by atoms with Crippen LogP contribution in [0.25, 0.3) is 0 Å². The van der Waals surface area contributed by atoms with Crippen LogP contribution in [-0.4, -0.2) is 25.6 Å². The second-order valence-electron chi connectivity index (χ2n) is 4.78. The lowest BCUT2D eigenvalue weighted by atomic mass is 10.1. The summed E-state index contributed by atoms with van der Waals surface area (Å²) < 4.78 is 10.1. The van der Waals surface area contributed by atoms with Gasteiger partial charge in [-0.1, -0.05) is 13.8 Å². The molecule has 1 aromatic rings. The predicted molar refractivity (Wildman–Crippen MR) is 77.0 cm³/mol. The van der Waals surface area contributed by atoms with Crippen LogP contribution in [0.1, 0.15) is 37.6 Å². The Morgan fingerprint density at radius 2 is 2.00 bits per heavy atom. The molecular weight excluding hydrogens is 258 g/mol. The summed E-state index contributed by atoms with van der Waals surface area (Å²) in [5, 5.41) is 2.76. The van der Waals surface area contributed by atoms with E-state index in [0.29, 0.717) is 30.0 Å². The van der Waals surface area contributed by atoms with E-state index in [4.69, 9.17) is 9.47 Å². The maximum atomic E-state index is 11.8. The standard InChI is InChI=1S/C15H21NO4/c1-5-20-15(18)11-6-7-13(19-4)12(9-11)16-14(17)8-10(2)3/h6-7,9-10H,5,8H2,1-4H3,(H,16,17). The first-order chi connectivity index (χ1) is 9.47. The molecule has 1 N–H and O–H groups in total. The predicted octanol–water partition coefficient (Wildman–Crippen LogP) is 2.86. The van der Waals surface area contributed by atoms with Crippen LogP contribution in [-0.2, 0) is 9.53 Å². The van der Waals surface area contributed by atoms with Crippen molar-refractivity contribution in [3.8, 4) is 5.75 Å². The summed E-state index contributed by atoms with van der Waals surface area (Å²) in [5.74, 6) is 0.234. The van der Waals surface area contributed by atoms with Crippen LogP contribution in [0.3, 0.4) is 0 Å². The Morgan fingerprint density at radius 3 is 2.55 bits per heavy atom. The van der Waals surface area contributed by atoms with Crippen molar-refractivity contribution in [1.29, 1.82) is 0 Å².